The third-order valence-corrected chi connectivity index (χ3v) is 3.79. The standard InChI is InChI=1S/C15H16N4O3/c16-18-14(20)10-6-11(7-10)17-15(21)12-8-13(22-19-12)9-4-2-1-3-5-9/h1-5,8,10-11H,6-7,16H2,(H,17,21)(H,18,20)/t10-,11+. The second kappa shape index (κ2) is 5.98. The Labute approximate surface area is 126 Å². The van der Waals surface area contributed by atoms with Gasteiger partial charge >= 0.3 is 0 Å². The van der Waals surface area contributed by atoms with Gasteiger partial charge in [-0.1, -0.05) is 35.5 Å². The number of hydrogen-bond donors (Lipinski definition) is 3. The molecule has 1 aliphatic rings. The predicted molar refractivity (Wildman–Crippen MR) is 78.2 cm³/mol. The van der Waals surface area contributed by atoms with Gasteiger partial charge in [0.15, 0.2) is 11.5 Å². The minimum Gasteiger partial charge on any atom is -0.355 e. The minimum atomic E-state index is -0.303. The van der Waals surface area contributed by atoms with E-state index in [0.717, 1.165) is 5.56 Å². The molecule has 1 fully saturated rings. The monoisotopic (exact) mass is 300 g/mol. The summed E-state index contributed by atoms with van der Waals surface area (Å²) in [6.07, 6.45) is 1.16. The highest BCUT2D eigenvalue weighted by molar-refractivity contribution is 5.93. The third kappa shape index (κ3) is 2.84. The molecular formula is C15H16N4O3. The molecule has 1 aliphatic carbocycles. The van der Waals surface area contributed by atoms with E-state index in [9.17, 15) is 9.59 Å². The molecule has 1 saturated carbocycles. The number of nitrogens with zero attached hydrogens (tertiary/aromatic N) is 1. The molecule has 3 rings (SSSR count). The summed E-state index contributed by atoms with van der Waals surface area (Å²) in [7, 11) is 0. The van der Waals surface area contributed by atoms with Gasteiger partial charge in [0.25, 0.3) is 5.91 Å². The summed E-state index contributed by atoms with van der Waals surface area (Å²) in [6, 6.07) is 11.0. The van der Waals surface area contributed by atoms with E-state index in [1.807, 2.05) is 30.3 Å². The molecule has 1 aromatic carbocycles. The molecule has 2 aromatic rings. The number of rotatable bonds is 4. The normalized spacial score (nSPS) is 20.0. The lowest BCUT2D eigenvalue weighted by Gasteiger charge is -2.33. The highest BCUT2D eigenvalue weighted by atomic mass is 16.5. The van der Waals surface area contributed by atoms with E-state index < -0.39 is 0 Å². The van der Waals surface area contributed by atoms with E-state index in [1.165, 1.54) is 0 Å². The van der Waals surface area contributed by atoms with Crippen LogP contribution in [-0.4, -0.2) is 23.0 Å². The quantitative estimate of drug-likeness (QED) is 0.440. The maximum Gasteiger partial charge on any atom is 0.273 e. The molecule has 0 spiro atoms. The minimum absolute atomic E-state index is 0.0355. The lowest BCUT2D eigenvalue weighted by molar-refractivity contribution is -0.128. The van der Waals surface area contributed by atoms with Gasteiger partial charge in [-0.25, -0.2) is 5.84 Å². The van der Waals surface area contributed by atoms with Crippen molar-refractivity contribution < 1.29 is 14.1 Å². The van der Waals surface area contributed by atoms with E-state index in [-0.39, 0.29) is 29.5 Å². The lowest BCUT2D eigenvalue weighted by atomic mass is 9.79. The van der Waals surface area contributed by atoms with Crippen LogP contribution in [0.2, 0.25) is 0 Å². The maximum absolute atomic E-state index is 12.1. The summed E-state index contributed by atoms with van der Waals surface area (Å²) in [5.41, 5.74) is 3.20. The van der Waals surface area contributed by atoms with E-state index in [1.54, 1.807) is 6.07 Å². The van der Waals surface area contributed by atoms with Gasteiger partial charge in [-0.05, 0) is 12.8 Å². The molecule has 0 saturated heterocycles. The number of hydrogen-bond acceptors (Lipinski definition) is 5. The smallest absolute Gasteiger partial charge is 0.273 e. The Bertz CT molecular complexity index is 677. The largest absolute Gasteiger partial charge is 0.355 e. The number of nitrogens with one attached hydrogen (secondary N) is 2. The van der Waals surface area contributed by atoms with E-state index in [4.69, 9.17) is 10.4 Å². The first-order valence-corrected chi connectivity index (χ1v) is 7.01. The summed E-state index contributed by atoms with van der Waals surface area (Å²) in [5.74, 6) is 4.98. The van der Waals surface area contributed by atoms with Crippen LogP contribution >= 0.6 is 0 Å². The molecule has 1 aromatic heterocycles. The van der Waals surface area contributed by atoms with Crippen LogP contribution in [0.25, 0.3) is 11.3 Å². The second-order valence-corrected chi connectivity index (χ2v) is 5.29. The van der Waals surface area contributed by atoms with Crippen molar-refractivity contribution in [1.29, 1.82) is 0 Å². The fraction of sp³-hybridized carbons (Fsp3) is 0.267. The number of carbonyl (C=O) groups is 2. The van der Waals surface area contributed by atoms with Crippen LogP contribution in [-0.2, 0) is 4.79 Å². The van der Waals surface area contributed by atoms with Crippen LogP contribution in [0.1, 0.15) is 23.3 Å². The number of amides is 2. The Kier molecular flexibility index (Phi) is 3.88. The Hall–Kier alpha value is -2.67. The first kappa shape index (κ1) is 14.3. The van der Waals surface area contributed by atoms with Crippen molar-refractivity contribution in [2.24, 2.45) is 11.8 Å². The van der Waals surface area contributed by atoms with Crippen LogP contribution in [0.15, 0.2) is 40.9 Å². The van der Waals surface area contributed by atoms with Crippen molar-refractivity contribution >= 4 is 11.8 Å². The first-order valence-electron chi connectivity index (χ1n) is 7.01. The molecule has 0 unspecified atom stereocenters. The highest BCUT2D eigenvalue weighted by Gasteiger charge is 2.35. The summed E-state index contributed by atoms with van der Waals surface area (Å²) >= 11 is 0. The zero-order chi connectivity index (χ0) is 15.5. The number of carbonyl (C=O) groups excluding carboxylic acids is 2. The van der Waals surface area contributed by atoms with Crippen LogP contribution in [0.5, 0.6) is 0 Å². The highest BCUT2D eigenvalue weighted by Crippen LogP contribution is 2.27. The van der Waals surface area contributed by atoms with Gasteiger partial charge in [0, 0.05) is 23.6 Å². The third-order valence-electron chi connectivity index (χ3n) is 3.79. The van der Waals surface area contributed by atoms with Crippen molar-refractivity contribution in [3.63, 3.8) is 0 Å². The molecule has 7 nitrogen and oxygen atoms in total. The van der Waals surface area contributed by atoms with Gasteiger partial charge < -0.3 is 9.84 Å². The fourth-order valence-corrected chi connectivity index (χ4v) is 2.45. The summed E-state index contributed by atoms with van der Waals surface area (Å²) < 4.78 is 5.19. The van der Waals surface area contributed by atoms with Gasteiger partial charge in [0.2, 0.25) is 5.91 Å². The molecule has 4 N–H and O–H groups in total. The van der Waals surface area contributed by atoms with Gasteiger partial charge in [0.05, 0.1) is 0 Å². The molecule has 22 heavy (non-hydrogen) atoms. The molecule has 0 atom stereocenters. The van der Waals surface area contributed by atoms with E-state index >= 15 is 0 Å². The van der Waals surface area contributed by atoms with Crippen molar-refractivity contribution in [3.05, 3.63) is 42.1 Å². The Morgan fingerprint density at radius 2 is 1.95 bits per heavy atom. The van der Waals surface area contributed by atoms with Gasteiger partial charge in [-0.15, -0.1) is 0 Å². The molecule has 1 heterocycles. The molecule has 0 bridgehead atoms. The van der Waals surface area contributed by atoms with Gasteiger partial charge in [0.1, 0.15) is 0 Å². The van der Waals surface area contributed by atoms with Crippen LogP contribution in [0, 0.1) is 5.92 Å². The summed E-state index contributed by atoms with van der Waals surface area (Å²) in [6.45, 7) is 0. The SMILES string of the molecule is NNC(=O)[C@H]1C[C@@H](NC(=O)c2cc(-c3ccccc3)on2)C1. The van der Waals surface area contributed by atoms with E-state index in [2.05, 4.69) is 15.9 Å². The molecule has 0 aliphatic heterocycles. The molecule has 2 amide bonds. The lowest BCUT2D eigenvalue weighted by Crippen LogP contribution is -2.50. The van der Waals surface area contributed by atoms with Crippen molar-refractivity contribution in [2.75, 3.05) is 0 Å². The maximum atomic E-state index is 12.1. The second-order valence-electron chi connectivity index (χ2n) is 5.29. The fourth-order valence-electron chi connectivity index (χ4n) is 2.45. The van der Waals surface area contributed by atoms with Crippen LogP contribution in [0.3, 0.4) is 0 Å². The van der Waals surface area contributed by atoms with E-state index in [0.29, 0.717) is 18.6 Å². The summed E-state index contributed by atoms with van der Waals surface area (Å²) in [5, 5.41) is 6.61. The van der Waals surface area contributed by atoms with Crippen LogP contribution in [0.4, 0.5) is 0 Å². The number of benzene rings is 1. The van der Waals surface area contributed by atoms with Gasteiger partial charge in [-0.2, -0.15) is 0 Å². The first-order chi connectivity index (χ1) is 10.7. The van der Waals surface area contributed by atoms with Crippen molar-refractivity contribution in [3.8, 4) is 11.3 Å². The number of aromatic nitrogens is 1. The van der Waals surface area contributed by atoms with Gasteiger partial charge in [-0.3, -0.25) is 15.0 Å². The molecular weight excluding hydrogens is 284 g/mol. The zero-order valence-electron chi connectivity index (χ0n) is 11.8. The number of nitrogens with two attached hydrogens (primary N) is 1. The van der Waals surface area contributed by atoms with Crippen molar-refractivity contribution in [2.45, 2.75) is 18.9 Å². The zero-order valence-corrected chi connectivity index (χ0v) is 11.8. The topological polar surface area (TPSA) is 110 Å². The van der Waals surface area contributed by atoms with Crippen LogP contribution < -0.4 is 16.6 Å². The average molecular weight is 300 g/mol. The number of hydrazine groups is 1. The average Bonchev–Trinajstić information content (AvgIpc) is 3.00. The Morgan fingerprint density at radius 3 is 2.64 bits per heavy atom. The predicted octanol–water partition coefficient (Wildman–Crippen LogP) is 0.840. The molecule has 0 radical (unpaired) electrons. The van der Waals surface area contributed by atoms with Crippen molar-refractivity contribution in [1.82, 2.24) is 15.9 Å². The molecule has 7 heteroatoms. The summed E-state index contributed by atoms with van der Waals surface area (Å²) in [4.78, 5) is 23.4. The Morgan fingerprint density at radius 1 is 1.23 bits per heavy atom. The Balaban J connectivity index is 1.58. The molecule has 114 valence electrons.